The van der Waals surface area contributed by atoms with Gasteiger partial charge >= 0.3 is 0 Å². The second-order valence-corrected chi connectivity index (χ2v) is 9.22. The fraction of sp³-hybridized carbons (Fsp3) is 0.381. The normalized spacial score (nSPS) is 24.2. The number of morpholine rings is 1. The number of anilines is 1. The van der Waals surface area contributed by atoms with E-state index in [1.807, 2.05) is 38.1 Å². The van der Waals surface area contributed by atoms with E-state index in [1.165, 1.54) is 16.7 Å². The zero-order valence-corrected chi connectivity index (χ0v) is 18.5. The number of ether oxygens (including phenoxy) is 1. The highest BCUT2D eigenvalue weighted by Gasteiger charge is 2.31. The molecule has 0 aliphatic carbocycles. The Labute approximate surface area is 179 Å². The summed E-state index contributed by atoms with van der Waals surface area (Å²) in [4.78, 5) is 30.1. The summed E-state index contributed by atoms with van der Waals surface area (Å²) >= 11 is 6.48. The highest BCUT2D eigenvalue weighted by Crippen LogP contribution is 2.36. The van der Waals surface area contributed by atoms with Gasteiger partial charge in [0, 0.05) is 32.6 Å². The number of rotatable bonds is 2. The number of aryl methyl sites for hydroxylation is 1. The first-order chi connectivity index (χ1) is 13.8. The van der Waals surface area contributed by atoms with E-state index in [-0.39, 0.29) is 23.7 Å². The average molecular weight is 430 g/mol. The van der Waals surface area contributed by atoms with Crippen LogP contribution in [0.3, 0.4) is 0 Å². The lowest BCUT2D eigenvalue weighted by molar-refractivity contribution is -0.121. The van der Waals surface area contributed by atoms with Gasteiger partial charge in [0.25, 0.3) is 11.5 Å². The number of para-hydroxylation sites is 1. The Hall–Kier alpha value is -2.16. The van der Waals surface area contributed by atoms with Gasteiger partial charge in [-0.2, -0.15) is 0 Å². The van der Waals surface area contributed by atoms with Crippen LogP contribution in [0.1, 0.15) is 19.4 Å². The Morgan fingerprint density at radius 3 is 2.41 bits per heavy atom. The molecule has 0 bridgehead atoms. The van der Waals surface area contributed by atoms with Crippen LogP contribution in [0.25, 0.3) is 17.0 Å². The van der Waals surface area contributed by atoms with Crippen molar-refractivity contribution < 1.29 is 9.53 Å². The van der Waals surface area contributed by atoms with Crippen LogP contribution in [-0.4, -0.2) is 52.0 Å². The molecule has 2 aliphatic rings. The van der Waals surface area contributed by atoms with Crippen LogP contribution in [0.5, 0.6) is 0 Å². The Bertz CT molecular complexity index is 1100. The van der Waals surface area contributed by atoms with Gasteiger partial charge in [-0.3, -0.25) is 14.5 Å². The van der Waals surface area contributed by atoms with Crippen LogP contribution in [0.4, 0.5) is 5.69 Å². The van der Waals surface area contributed by atoms with Gasteiger partial charge < -0.3 is 14.2 Å². The number of carbonyl (C=O) groups is 1. The second kappa shape index (κ2) is 7.59. The third kappa shape index (κ3) is 3.49. The first kappa shape index (κ1) is 20.1. The minimum absolute atomic E-state index is 0.0447. The molecule has 4 rings (SSSR count). The Morgan fingerprint density at radius 1 is 1.14 bits per heavy atom. The van der Waals surface area contributed by atoms with E-state index in [0.717, 1.165) is 16.6 Å². The number of hydrogen-bond donors (Lipinski definition) is 0. The smallest absolute Gasteiger partial charge is 0.265 e. The lowest BCUT2D eigenvalue weighted by atomic mass is 10.0. The van der Waals surface area contributed by atoms with E-state index < -0.39 is 0 Å². The van der Waals surface area contributed by atoms with Crippen molar-refractivity contribution >= 4 is 56.9 Å². The first-order valence-corrected chi connectivity index (χ1v) is 10.7. The molecule has 0 spiro atoms. The quantitative estimate of drug-likeness (QED) is 0.540. The van der Waals surface area contributed by atoms with Crippen LogP contribution in [0.2, 0.25) is 0 Å². The maximum absolute atomic E-state index is 13.4. The number of hydrogen-bond acceptors (Lipinski definition) is 6. The molecule has 1 amide bonds. The maximum Gasteiger partial charge on any atom is 0.265 e. The molecule has 29 heavy (non-hydrogen) atoms. The third-order valence-corrected chi connectivity index (χ3v) is 6.79. The molecule has 1 aromatic carbocycles. The van der Waals surface area contributed by atoms with Crippen molar-refractivity contribution in [1.29, 1.82) is 0 Å². The molecule has 2 atom stereocenters. The number of likely N-dealkylation sites (N-methyl/N-ethyl adjacent to an activating group) is 1. The lowest BCUT2D eigenvalue weighted by Gasteiger charge is -2.38. The minimum atomic E-state index is -0.176. The van der Waals surface area contributed by atoms with Crippen LogP contribution >= 0.6 is 24.0 Å². The molecule has 0 radical (unpaired) electrons. The van der Waals surface area contributed by atoms with E-state index in [4.69, 9.17) is 17.0 Å². The Balaban J connectivity index is 1.98. The monoisotopic (exact) mass is 429 g/mol. The number of thiocarbonyl (C=S) groups is 1. The zero-order chi connectivity index (χ0) is 20.9. The molecule has 8 heteroatoms. The molecule has 2 unspecified atom stereocenters. The lowest BCUT2D eigenvalue weighted by Crippen LogP contribution is -2.46. The van der Waals surface area contributed by atoms with E-state index in [1.54, 1.807) is 24.7 Å². The van der Waals surface area contributed by atoms with E-state index in [9.17, 15) is 9.59 Å². The predicted octanol–water partition coefficient (Wildman–Crippen LogP) is 2.98. The number of pyridine rings is 1. The molecule has 1 aromatic heterocycles. The Kier molecular flexibility index (Phi) is 5.27. The van der Waals surface area contributed by atoms with Gasteiger partial charge in [0.15, 0.2) is 0 Å². The summed E-state index contributed by atoms with van der Waals surface area (Å²) in [5.74, 6) is -0.176. The van der Waals surface area contributed by atoms with Crippen molar-refractivity contribution in [2.45, 2.75) is 26.1 Å². The van der Waals surface area contributed by atoms with Gasteiger partial charge in [-0.05, 0) is 26.0 Å². The zero-order valence-electron chi connectivity index (χ0n) is 16.8. The van der Waals surface area contributed by atoms with Gasteiger partial charge in [0.1, 0.15) is 4.32 Å². The molecular formula is C21H23N3O3S2. The maximum atomic E-state index is 13.4. The largest absolute Gasteiger partial charge is 0.372 e. The number of amides is 1. The van der Waals surface area contributed by atoms with Gasteiger partial charge in [0.2, 0.25) is 0 Å². The third-order valence-electron chi connectivity index (χ3n) is 5.31. The number of aromatic nitrogens is 1. The van der Waals surface area contributed by atoms with E-state index in [0.29, 0.717) is 27.9 Å². The number of benzene rings is 1. The van der Waals surface area contributed by atoms with Crippen molar-refractivity contribution in [3.63, 3.8) is 0 Å². The number of carbonyl (C=O) groups excluding carboxylic acids is 1. The summed E-state index contributed by atoms with van der Waals surface area (Å²) in [7, 11) is 3.42. The van der Waals surface area contributed by atoms with Crippen LogP contribution in [-0.2, 0) is 16.6 Å². The molecule has 2 aliphatic heterocycles. The van der Waals surface area contributed by atoms with Crippen molar-refractivity contribution in [1.82, 2.24) is 9.47 Å². The van der Waals surface area contributed by atoms with Crippen LogP contribution in [0, 0.1) is 0 Å². The number of thioether (sulfide) groups is 1. The highest BCUT2D eigenvalue weighted by atomic mass is 32.2. The van der Waals surface area contributed by atoms with Crippen molar-refractivity contribution in [3.05, 3.63) is 45.1 Å². The highest BCUT2D eigenvalue weighted by molar-refractivity contribution is 8.26. The average Bonchev–Trinajstić information content (AvgIpc) is 2.92. The molecule has 2 aromatic rings. The molecule has 6 nitrogen and oxygen atoms in total. The minimum Gasteiger partial charge on any atom is -0.372 e. The standard InChI is InChI=1S/C21H23N3O3S2/c1-12-10-24(11-13(2)27-12)18-14-7-5-6-8-16(14)22(3)19(25)15(18)9-17-20(26)23(4)21(28)29-17/h5-9,12-13H,10-11H2,1-4H3. The predicted molar refractivity (Wildman–Crippen MR) is 122 cm³/mol. The van der Waals surface area contributed by atoms with Crippen molar-refractivity contribution in [3.8, 4) is 0 Å². The van der Waals surface area contributed by atoms with Gasteiger partial charge in [0.05, 0.1) is 33.9 Å². The summed E-state index contributed by atoms with van der Waals surface area (Å²) in [5.41, 5.74) is 2.10. The van der Waals surface area contributed by atoms with Gasteiger partial charge in [-0.1, -0.05) is 42.2 Å². The fourth-order valence-corrected chi connectivity index (χ4v) is 5.17. The summed E-state index contributed by atoms with van der Waals surface area (Å²) in [6, 6.07) is 7.87. The van der Waals surface area contributed by atoms with Gasteiger partial charge in [-0.15, -0.1) is 0 Å². The summed E-state index contributed by atoms with van der Waals surface area (Å²) in [5, 5.41) is 0.981. The molecule has 3 heterocycles. The van der Waals surface area contributed by atoms with Crippen LogP contribution < -0.4 is 10.5 Å². The molecule has 152 valence electrons. The van der Waals surface area contributed by atoms with Crippen molar-refractivity contribution in [2.24, 2.45) is 7.05 Å². The van der Waals surface area contributed by atoms with Crippen molar-refractivity contribution in [2.75, 3.05) is 25.0 Å². The van der Waals surface area contributed by atoms with Crippen LogP contribution in [0.15, 0.2) is 34.0 Å². The topological polar surface area (TPSA) is 54.8 Å². The fourth-order valence-electron chi connectivity index (χ4n) is 4.01. The summed E-state index contributed by atoms with van der Waals surface area (Å²) in [6.45, 7) is 5.43. The molecular weight excluding hydrogens is 406 g/mol. The molecule has 2 saturated heterocycles. The molecule has 0 saturated carbocycles. The number of nitrogens with zero attached hydrogens (tertiary/aromatic N) is 3. The van der Waals surface area contributed by atoms with E-state index >= 15 is 0 Å². The second-order valence-electron chi connectivity index (χ2n) is 7.55. The SMILES string of the molecule is CC1CN(c2c(C=C3SC(=S)N(C)C3=O)c(=O)n(C)c3ccccc23)CC(C)O1. The molecule has 2 fully saturated rings. The number of fused-ring (bicyclic) bond motifs is 1. The Morgan fingerprint density at radius 2 is 1.79 bits per heavy atom. The first-order valence-electron chi connectivity index (χ1n) is 9.51. The summed E-state index contributed by atoms with van der Waals surface area (Å²) < 4.78 is 8.04. The molecule has 0 N–H and O–H groups in total. The van der Waals surface area contributed by atoms with E-state index in [2.05, 4.69) is 4.90 Å². The summed E-state index contributed by atoms with van der Waals surface area (Å²) in [6.07, 6.45) is 1.80. The van der Waals surface area contributed by atoms with Gasteiger partial charge in [-0.25, -0.2) is 0 Å².